The first-order valence-corrected chi connectivity index (χ1v) is 14.3. The van der Waals surface area contributed by atoms with Gasteiger partial charge >= 0.3 is 6.61 Å². The Labute approximate surface area is 247 Å². The fourth-order valence-corrected chi connectivity index (χ4v) is 6.09. The summed E-state index contributed by atoms with van der Waals surface area (Å²) in [5, 5.41) is 6.26. The molecule has 8 nitrogen and oxygen atoms in total. The maximum absolute atomic E-state index is 13.8. The number of halogens is 3. The van der Waals surface area contributed by atoms with E-state index in [1.807, 2.05) is 35.4 Å². The minimum atomic E-state index is -2.91. The van der Waals surface area contributed by atoms with E-state index in [-0.39, 0.29) is 17.5 Å². The van der Waals surface area contributed by atoms with Crippen molar-refractivity contribution in [1.82, 2.24) is 24.5 Å². The zero-order chi connectivity index (χ0) is 29.5. The van der Waals surface area contributed by atoms with E-state index in [9.17, 15) is 18.0 Å². The number of carbonyl (C=O) groups is 1. The van der Waals surface area contributed by atoms with Crippen LogP contribution in [0.25, 0.3) is 38.4 Å². The summed E-state index contributed by atoms with van der Waals surface area (Å²) in [5.74, 6) is -0.346. The van der Waals surface area contributed by atoms with Gasteiger partial charge in [0.15, 0.2) is 0 Å². The molecule has 1 aliphatic rings. The van der Waals surface area contributed by atoms with Gasteiger partial charge < -0.3 is 14.5 Å². The Balaban J connectivity index is 1.08. The molecule has 3 aromatic heterocycles. The van der Waals surface area contributed by atoms with E-state index in [4.69, 9.17) is 10.1 Å². The molecule has 0 aliphatic carbocycles. The maximum atomic E-state index is 13.8. The van der Waals surface area contributed by atoms with Gasteiger partial charge in [-0.05, 0) is 60.7 Å². The van der Waals surface area contributed by atoms with Gasteiger partial charge in [-0.3, -0.25) is 4.79 Å². The van der Waals surface area contributed by atoms with Gasteiger partial charge in [-0.15, -0.1) is 5.10 Å². The number of imidazole rings is 1. The van der Waals surface area contributed by atoms with Crippen molar-refractivity contribution in [2.45, 2.75) is 6.61 Å². The van der Waals surface area contributed by atoms with E-state index in [0.29, 0.717) is 48.5 Å². The number of aromatic nitrogens is 4. The fourth-order valence-electron chi connectivity index (χ4n) is 5.16. The molecule has 0 atom stereocenters. The number of amides is 1. The summed E-state index contributed by atoms with van der Waals surface area (Å²) in [6.07, 6.45) is 1.83. The maximum Gasteiger partial charge on any atom is 0.387 e. The third-order valence-electron chi connectivity index (χ3n) is 7.33. The van der Waals surface area contributed by atoms with Crippen LogP contribution in [0.15, 0.2) is 85.1 Å². The highest BCUT2D eigenvalue weighted by Crippen LogP contribution is 2.30. The van der Waals surface area contributed by atoms with E-state index >= 15 is 0 Å². The lowest BCUT2D eigenvalue weighted by molar-refractivity contribution is -0.0498. The van der Waals surface area contributed by atoms with Crippen LogP contribution in [-0.4, -0.2) is 63.2 Å². The smallest absolute Gasteiger partial charge is 0.387 e. The Morgan fingerprint density at radius 3 is 2.28 bits per heavy atom. The van der Waals surface area contributed by atoms with Gasteiger partial charge in [0, 0.05) is 42.7 Å². The zero-order valence-electron chi connectivity index (χ0n) is 22.5. The minimum Gasteiger partial charge on any atom is -0.435 e. The molecular formula is C31H23F3N6O2S. The van der Waals surface area contributed by atoms with E-state index in [1.54, 1.807) is 34.8 Å². The number of anilines is 1. The molecule has 7 rings (SSSR count). The normalized spacial score (nSPS) is 13.8. The number of rotatable bonds is 6. The third kappa shape index (κ3) is 5.37. The molecule has 1 saturated heterocycles. The second-order valence-electron chi connectivity index (χ2n) is 10.00. The van der Waals surface area contributed by atoms with E-state index in [1.165, 1.54) is 35.6 Å². The van der Waals surface area contributed by atoms with Crippen LogP contribution in [0.2, 0.25) is 0 Å². The molecule has 0 bridgehead atoms. The Hall–Kier alpha value is -4.97. The number of hydrogen-bond acceptors (Lipinski definition) is 7. The molecule has 0 unspecified atom stereocenters. The fraction of sp³-hybridized carbons (Fsp3) is 0.161. The number of benzene rings is 3. The zero-order valence-corrected chi connectivity index (χ0v) is 23.3. The highest BCUT2D eigenvalue weighted by molar-refractivity contribution is 7.20. The van der Waals surface area contributed by atoms with Gasteiger partial charge in [-0.2, -0.15) is 8.78 Å². The van der Waals surface area contributed by atoms with Crippen molar-refractivity contribution in [3.05, 3.63) is 96.4 Å². The average Bonchev–Trinajstić information content (AvgIpc) is 3.61. The molecule has 1 fully saturated rings. The molecule has 1 aliphatic heterocycles. The van der Waals surface area contributed by atoms with Crippen molar-refractivity contribution in [3.8, 4) is 28.3 Å². The lowest BCUT2D eigenvalue weighted by Gasteiger charge is -2.34. The van der Waals surface area contributed by atoms with Gasteiger partial charge in [-0.25, -0.2) is 18.9 Å². The number of fused-ring (bicyclic) bond motifs is 2. The van der Waals surface area contributed by atoms with Crippen molar-refractivity contribution < 1.29 is 22.7 Å². The van der Waals surface area contributed by atoms with E-state index in [2.05, 4.69) is 14.6 Å². The van der Waals surface area contributed by atoms with Gasteiger partial charge in [0.05, 0.1) is 28.7 Å². The largest absolute Gasteiger partial charge is 0.435 e. The van der Waals surface area contributed by atoms with Gasteiger partial charge in [0.1, 0.15) is 11.6 Å². The first kappa shape index (κ1) is 26.9. The Morgan fingerprint density at radius 2 is 1.56 bits per heavy atom. The van der Waals surface area contributed by atoms with Crippen LogP contribution in [0.3, 0.4) is 0 Å². The Kier molecular flexibility index (Phi) is 6.90. The third-order valence-corrected chi connectivity index (χ3v) is 8.32. The molecule has 4 heterocycles. The summed E-state index contributed by atoms with van der Waals surface area (Å²) >= 11 is 1.46. The summed E-state index contributed by atoms with van der Waals surface area (Å²) in [5.41, 5.74) is 3.99. The van der Waals surface area contributed by atoms with E-state index in [0.717, 1.165) is 26.7 Å². The van der Waals surface area contributed by atoms with Crippen molar-refractivity contribution in [3.63, 3.8) is 0 Å². The molecule has 1 amide bonds. The van der Waals surface area contributed by atoms with Crippen molar-refractivity contribution in [2.24, 2.45) is 0 Å². The van der Waals surface area contributed by atoms with Gasteiger partial charge in [0.25, 0.3) is 5.91 Å². The molecule has 0 radical (unpaired) electrons. The molecule has 43 heavy (non-hydrogen) atoms. The lowest BCUT2D eigenvalue weighted by atomic mass is 10.0. The molecule has 0 N–H and O–H groups in total. The molecule has 0 spiro atoms. The number of nitrogens with zero attached hydrogens (tertiary/aromatic N) is 6. The summed E-state index contributed by atoms with van der Waals surface area (Å²) in [6, 6.07) is 21.6. The molecule has 216 valence electrons. The van der Waals surface area contributed by atoms with Gasteiger partial charge in [-0.1, -0.05) is 29.5 Å². The predicted molar refractivity (Wildman–Crippen MR) is 158 cm³/mol. The molecule has 0 saturated carbocycles. The summed E-state index contributed by atoms with van der Waals surface area (Å²) in [6.45, 7) is -0.679. The summed E-state index contributed by atoms with van der Waals surface area (Å²) in [7, 11) is 0. The predicted octanol–water partition coefficient (Wildman–Crippen LogP) is 6.38. The average molecular weight is 601 g/mol. The summed E-state index contributed by atoms with van der Waals surface area (Å²) < 4.78 is 44.6. The number of para-hydroxylation sites is 1. The highest BCUT2D eigenvalue weighted by atomic mass is 32.1. The van der Waals surface area contributed by atoms with Crippen LogP contribution in [0.1, 0.15) is 10.4 Å². The van der Waals surface area contributed by atoms with Crippen LogP contribution in [0.5, 0.6) is 5.75 Å². The monoisotopic (exact) mass is 600 g/mol. The van der Waals surface area contributed by atoms with Crippen molar-refractivity contribution >= 4 is 38.2 Å². The number of ether oxygens (including phenoxy) is 1. The Morgan fingerprint density at radius 1 is 0.860 bits per heavy atom. The minimum absolute atomic E-state index is 0.0515. The van der Waals surface area contributed by atoms with Crippen LogP contribution in [0, 0.1) is 5.82 Å². The second kappa shape index (κ2) is 11.0. The number of hydrogen-bond donors (Lipinski definition) is 0. The van der Waals surface area contributed by atoms with Crippen LogP contribution < -0.4 is 9.64 Å². The van der Waals surface area contributed by atoms with Crippen molar-refractivity contribution in [2.75, 3.05) is 31.1 Å². The molecular weight excluding hydrogens is 577 g/mol. The lowest BCUT2D eigenvalue weighted by Crippen LogP contribution is -2.48. The molecule has 12 heteroatoms. The SMILES string of the molecule is O=C(c1cc(-c2ccc(OC(F)F)cc2)nc2ccccc12)N1CCN(c2nn3cc(-c4ccc(F)cc4)nc3s2)CC1. The quantitative estimate of drug-likeness (QED) is 0.221. The summed E-state index contributed by atoms with van der Waals surface area (Å²) in [4.78, 5) is 27.9. The van der Waals surface area contributed by atoms with Gasteiger partial charge in [0.2, 0.25) is 10.1 Å². The number of alkyl halides is 2. The van der Waals surface area contributed by atoms with Crippen LogP contribution >= 0.6 is 11.3 Å². The number of pyridine rings is 1. The molecule has 3 aromatic carbocycles. The number of carbonyl (C=O) groups excluding carboxylic acids is 1. The standard InChI is InChI=1S/C31H23F3N6O2S/c32-21-9-5-20(6-10-21)27-18-40-30(36-27)43-31(37-40)39-15-13-38(14-16-39)28(41)24-17-26(35-25-4-2-1-3-23(24)25)19-7-11-22(12-8-19)42-29(33)34/h1-12,17-18,29H,13-16H2. The topological polar surface area (TPSA) is 75.9 Å². The highest BCUT2D eigenvalue weighted by Gasteiger charge is 2.26. The second-order valence-corrected chi connectivity index (χ2v) is 10.9. The Bertz CT molecular complexity index is 1900. The molecule has 6 aromatic rings. The van der Waals surface area contributed by atoms with Crippen molar-refractivity contribution in [1.29, 1.82) is 0 Å². The first-order chi connectivity index (χ1) is 20.9. The number of piperazine rings is 1. The van der Waals surface area contributed by atoms with Crippen LogP contribution in [-0.2, 0) is 0 Å². The van der Waals surface area contributed by atoms with E-state index < -0.39 is 6.61 Å². The first-order valence-electron chi connectivity index (χ1n) is 13.5. The van der Waals surface area contributed by atoms with Crippen LogP contribution in [0.4, 0.5) is 18.3 Å².